The summed E-state index contributed by atoms with van der Waals surface area (Å²) in [5.41, 5.74) is 2.42. The van der Waals surface area contributed by atoms with Crippen molar-refractivity contribution in [2.45, 2.75) is 33.1 Å². The Bertz CT molecular complexity index is 832. The van der Waals surface area contributed by atoms with E-state index < -0.39 is 11.9 Å². The summed E-state index contributed by atoms with van der Waals surface area (Å²) in [6.07, 6.45) is 0.484. The molecular weight excluding hydrogens is 336 g/mol. The molecule has 2 N–H and O–H groups in total. The van der Waals surface area contributed by atoms with Crippen molar-refractivity contribution < 1.29 is 14.7 Å². The highest BCUT2D eigenvalue weighted by Gasteiger charge is 2.30. The lowest BCUT2D eigenvalue weighted by molar-refractivity contribution is -0.141. The number of aromatic nitrogens is 4. The van der Waals surface area contributed by atoms with E-state index in [2.05, 4.69) is 20.8 Å². The van der Waals surface area contributed by atoms with E-state index in [1.807, 2.05) is 32.9 Å². The van der Waals surface area contributed by atoms with Crippen LogP contribution in [-0.2, 0) is 4.79 Å². The number of amides is 2. The average molecular weight is 358 g/mol. The summed E-state index contributed by atoms with van der Waals surface area (Å²) in [7, 11) is 0. The predicted octanol–water partition coefficient (Wildman–Crippen LogP) is 2.03. The quantitative estimate of drug-likeness (QED) is 0.864. The summed E-state index contributed by atoms with van der Waals surface area (Å²) >= 11 is 0. The number of aryl methyl sites for hydroxylation is 1. The number of anilines is 1. The number of carbonyl (C=O) groups excluding carboxylic acids is 1. The highest BCUT2D eigenvalue weighted by atomic mass is 16.4. The van der Waals surface area contributed by atoms with Gasteiger partial charge in [-0.05, 0) is 47.5 Å². The van der Waals surface area contributed by atoms with Gasteiger partial charge in [0, 0.05) is 24.7 Å². The first kappa shape index (κ1) is 17.8. The molecule has 0 saturated carbocycles. The number of aliphatic carboxylic acids is 1. The van der Waals surface area contributed by atoms with Crippen LogP contribution in [0.2, 0.25) is 0 Å². The minimum atomic E-state index is -0.858. The maximum Gasteiger partial charge on any atom is 0.321 e. The predicted molar refractivity (Wildman–Crippen MR) is 94.3 cm³/mol. The van der Waals surface area contributed by atoms with E-state index in [4.69, 9.17) is 5.11 Å². The highest BCUT2D eigenvalue weighted by Crippen LogP contribution is 2.23. The van der Waals surface area contributed by atoms with Crippen molar-refractivity contribution >= 4 is 17.7 Å². The third-order valence-electron chi connectivity index (χ3n) is 4.51. The van der Waals surface area contributed by atoms with Gasteiger partial charge in [0.25, 0.3) is 0 Å². The highest BCUT2D eigenvalue weighted by molar-refractivity contribution is 5.90. The largest absolute Gasteiger partial charge is 0.481 e. The number of urea groups is 1. The number of nitrogens with one attached hydrogen (secondary N) is 1. The molecule has 1 unspecified atom stereocenters. The number of hydrogen-bond donors (Lipinski definition) is 2. The Hall–Kier alpha value is -2.97. The molecule has 0 spiro atoms. The van der Waals surface area contributed by atoms with Crippen molar-refractivity contribution in [3.05, 3.63) is 29.6 Å². The minimum absolute atomic E-state index is 0.182. The maximum absolute atomic E-state index is 12.3. The van der Waals surface area contributed by atoms with Gasteiger partial charge in [0.2, 0.25) is 0 Å². The molecule has 1 aliphatic heterocycles. The number of rotatable bonds is 4. The third kappa shape index (κ3) is 3.51. The molecule has 2 amide bonds. The van der Waals surface area contributed by atoms with Gasteiger partial charge in [-0.3, -0.25) is 4.79 Å². The second-order valence-corrected chi connectivity index (χ2v) is 6.80. The molecule has 0 radical (unpaired) electrons. The van der Waals surface area contributed by atoms with Crippen LogP contribution in [0.15, 0.2) is 18.2 Å². The van der Waals surface area contributed by atoms with Crippen molar-refractivity contribution in [1.82, 2.24) is 25.1 Å². The standard InChI is InChI=1S/C17H22N6O3/c1-10(2)15-19-20-21-23(15)14-5-4-13(8-11(14)3)18-17(26)22-7-6-12(9-22)16(24)25/h4-5,8,10,12H,6-7,9H2,1-3H3,(H,18,26)(H,24,25). The van der Waals surface area contributed by atoms with E-state index in [0.717, 1.165) is 17.1 Å². The topological polar surface area (TPSA) is 113 Å². The average Bonchev–Trinajstić information content (AvgIpc) is 3.24. The lowest BCUT2D eigenvalue weighted by Crippen LogP contribution is -2.33. The summed E-state index contributed by atoms with van der Waals surface area (Å²) in [4.78, 5) is 24.9. The Balaban J connectivity index is 1.73. The van der Waals surface area contributed by atoms with Gasteiger partial charge < -0.3 is 15.3 Å². The van der Waals surface area contributed by atoms with Crippen LogP contribution in [0.4, 0.5) is 10.5 Å². The van der Waals surface area contributed by atoms with E-state index in [1.165, 1.54) is 4.90 Å². The first-order valence-electron chi connectivity index (χ1n) is 8.55. The van der Waals surface area contributed by atoms with Crippen molar-refractivity contribution in [2.75, 3.05) is 18.4 Å². The number of carboxylic acid groups (broad SMARTS) is 1. The van der Waals surface area contributed by atoms with E-state index in [-0.39, 0.29) is 18.5 Å². The molecule has 1 atom stereocenters. The van der Waals surface area contributed by atoms with Gasteiger partial charge in [-0.1, -0.05) is 13.8 Å². The van der Waals surface area contributed by atoms with Gasteiger partial charge in [0.05, 0.1) is 11.6 Å². The van der Waals surface area contributed by atoms with Gasteiger partial charge in [0.1, 0.15) is 0 Å². The second kappa shape index (κ2) is 7.11. The Morgan fingerprint density at radius 2 is 2.12 bits per heavy atom. The summed E-state index contributed by atoms with van der Waals surface area (Å²) in [6.45, 7) is 6.65. The van der Waals surface area contributed by atoms with Gasteiger partial charge >= 0.3 is 12.0 Å². The third-order valence-corrected chi connectivity index (χ3v) is 4.51. The Kier molecular flexibility index (Phi) is 4.88. The zero-order valence-corrected chi connectivity index (χ0v) is 15.0. The monoisotopic (exact) mass is 358 g/mol. The fourth-order valence-corrected chi connectivity index (χ4v) is 3.05. The summed E-state index contributed by atoms with van der Waals surface area (Å²) < 4.78 is 1.70. The molecule has 1 aliphatic rings. The van der Waals surface area contributed by atoms with Gasteiger partial charge in [-0.15, -0.1) is 5.10 Å². The molecule has 138 valence electrons. The van der Waals surface area contributed by atoms with Gasteiger partial charge in [0.15, 0.2) is 5.82 Å². The fourth-order valence-electron chi connectivity index (χ4n) is 3.05. The van der Waals surface area contributed by atoms with Crippen LogP contribution < -0.4 is 5.32 Å². The normalized spacial score (nSPS) is 16.9. The smallest absolute Gasteiger partial charge is 0.321 e. The molecule has 9 nitrogen and oxygen atoms in total. The molecule has 1 fully saturated rings. The molecular formula is C17H22N6O3. The molecule has 3 rings (SSSR count). The minimum Gasteiger partial charge on any atom is -0.481 e. The van der Waals surface area contributed by atoms with Gasteiger partial charge in [-0.2, -0.15) is 4.68 Å². The molecule has 2 aromatic rings. The molecule has 0 bridgehead atoms. The summed E-state index contributed by atoms with van der Waals surface area (Å²) in [5.74, 6) is -0.398. The lowest BCUT2D eigenvalue weighted by atomic mass is 10.1. The van der Waals surface area contributed by atoms with Crippen molar-refractivity contribution in [1.29, 1.82) is 0 Å². The van der Waals surface area contributed by atoms with Crippen LogP contribution in [0.3, 0.4) is 0 Å². The van der Waals surface area contributed by atoms with Crippen molar-refractivity contribution in [3.8, 4) is 5.69 Å². The van der Waals surface area contributed by atoms with Gasteiger partial charge in [-0.25, -0.2) is 4.79 Å². The molecule has 2 heterocycles. The number of likely N-dealkylation sites (tertiary alicyclic amines) is 1. The summed E-state index contributed by atoms with van der Waals surface area (Å²) in [6, 6.07) is 5.21. The molecule has 9 heteroatoms. The molecule has 0 aliphatic carbocycles. The first-order valence-corrected chi connectivity index (χ1v) is 8.55. The Labute approximate surface area is 151 Å². The van der Waals surface area contributed by atoms with E-state index in [9.17, 15) is 9.59 Å². The van der Waals surface area contributed by atoms with Crippen molar-refractivity contribution in [3.63, 3.8) is 0 Å². The number of carboxylic acids is 1. The molecule has 1 aromatic heterocycles. The van der Waals surface area contributed by atoms with Crippen molar-refractivity contribution in [2.24, 2.45) is 5.92 Å². The first-order chi connectivity index (χ1) is 12.4. The summed E-state index contributed by atoms with van der Waals surface area (Å²) in [5, 5.41) is 23.7. The lowest BCUT2D eigenvalue weighted by Gasteiger charge is -2.17. The number of tetrazole rings is 1. The maximum atomic E-state index is 12.3. The number of nitrogens with zero attached hydrogens (tertiary/aromatic N) is 5. The fraction of sp³-hybridized carbons (Fsp3) is 0.471. The number of carbonyl (C=O) groups is 2. The molecule has 26 heavy (non-hydrogen) atoms. The van der Waals surface area contributed by atoms with Crippen LogP contribution >= 0.6 is 0 Å². The van der Waals surface area contributed by atoms with E-state index in [0.29, 0.717) is 18.7 Å². The zero-order valence-electron chi connectivity index (χ0n) is 15.0. The molecule has 1 saturated heterocycles. The van der Waals surface area contributed by atoms with Crippen LogP contribution in [0.5, 0.6) is 0 Å². The second-order valence-electron chi connectivity index (χ2n) is 6.80. The van der Waals surface area contributed by atoms with E-state index >= 15 is 0 Å². The number of benzene rings is 1. The Morgan fingerprint density at radius 3 is 2.73 bits per heavy atom. The van der Waals surface area contributed by atoms with E-state index in [1.54, 1.807) is 10.7 Å². The molecule has 1 aromatic carbocycles. The van der Waals surface area contributed by atoms with Crippen LogP contribution in [0.1, 0.15) is 37.6 Å². The zero-order chi connectivity index (χ0) is 18.8. The SMILES string of the molecule is Cc1cc(NC(=O)N2CCC(C(=O)O)C2)ccc1-n1nnnc1C(C)C. The van der Waals surface area contributed by atoms with Crippen LogP contribution in [-0.4, -0.2) is 55.3 Å². The van der Waals surface area contributed by atoms with Crippen LogP contribution in [0.25, 0.3) is 5.69 Å². The number of hydrogen-bond acceptors (Lipinski definition) is 5. The Morgan fingerprint density at radius 1 is 1.35 bits per heavy atom. The van der Waals surface area contributed by atoms with Crippen LogP contribution in [0, 0.1) is 12.8 Å².